The van der Waals surface area contributed by atoms with Crippen LogP contribution in [-0.4, -0.2) is 4.98 Å². The maximum atomic E-state index is 13.3. The lowest BCUT2D eigenvalue weighted by Gasteiger charge is -2.19. The normalized spacial score (nSPS) is 12.5. The number of fused-ring (bicyclic) bond motifs is 1. The van der Waals surface area contributed by atoms with Gasteiger partial charge in [0.05, 0.1) is 11.6 Å². The fourth-order valence-electron chi connectivity index (χ4n) is 2.57. The van der Waals surface area contributed by atoms with Gasteiger partial charge in [-0.25, -0.2) is 9.82 Å². The van der Waals surface area contributed by atoms with E-state index in [4.69, 9.17) is 5.84 Å². The summed E-state index contributed by atoms with van der Waals surface area (Å²) in [7, 11) is 0. The van der Waals surface area contributed by atoms with Crippen molar-refractivity contribution in [3.63, 3.8) is 0 Å². The smallest absolute Gasteiger partial charge is 0.123 e. The molecule has 0 spiro atoms. The number of aryl methyl sites for hydroxylation is 1. The van der Waals surface area contributed by atoms with Crippen molar-refractivity contribution < 1.29 is 4.39 Å². The number of para-hydroxylation sites is 1. The minimum Gasteiger partial charge on any atom is -0.271 e. The van der Waals surface area contributed by atoms with Crippen molar-refractivity contribution in [3.05, 3.63) is 77.2 Å². The van der Waals surface area contributed by atoms with E-state index in [0.29, 0.717) is 0 Å². The van der Waals surface area contributed by atoms with Crippen molar-refractivity contribution in [1.82, 2.24) is 10.4 Å². The Kier molecular flexibility index (Phi) is 3.64. The maximum Gasteiger partial charge on any atom is 0.123 e. The van der Waals surface area contributed by atoms with Crippen LogP contribution in [0.2, 0.25) is 0 Å². The van der Waals surface area contributed by atoms with Crippen molar-refractivity contribution in [1.29, 1.82) is 0 Å². The Morgan fingerprint density at radius 3 is 2.71 bits per heavy atom. The molecule has 0 saturated heterocycles. The summed E-state index contributed by atoms with van der Waals surface area (Å²) < 4.78 is 13.3. The third kappa shape index (κ3) is 2.63. The molecule has 0 radical (unpaired) electrons. The Balaban J connectivity index is 2.09. The summed E-state index contributed by atoms with van der Waals surface area (Å²) >= 11 is 0. The lowest BCUT2D eigenvalue weighted by atomic mass is 9.95. The molecule has 0 bridgehead atoms. The van der Waals surface area contributed by atoms with Gasteiger partial charge in [-0.3, -0.25) is 10.8 Å². The molecule has 0 saturated carbocycles. The molecule has 1 aromatic heterocycles. The van der Waals surface area contributed by atoms with Gasteiger partial charge in [0.1, 0.15) is 5.82 Å². The van der Waals surface area contributed by atoms with E-state index >= 15 is 0 Å². The molecule has 2 aromatic carbocycles. The van der Waals surface area contributed by atoms with Crippen LogP contribution in [-0.2, 0) is 0 Å². The van der Waals surface area contributed by atoms with Gasteiger partial charge in [-0.2, -0.15) is 0 Å². The highest BCUT2D eigenvalue weighted by atomic mass is 19.1. The fraction of sp³-hybridized carbons (Fsp3) is 0.118. The summed E-state index contributed by atoms with van der Waals surface area (Å²) in [6.07, 6.45) is 1.80. The van der Waals surface area contributed by atoms with Gasteiger partial charge in [0, 0.05) is 11.6 Å². The third-order valence-electron chi connectivity index (χ3n) is 3.65. The molecule has 4 heteroatoms. The molecule has 1 heterocycles. The zero-order valence-corrected chi connectivity index (χ0v) is 11.7. The van der Waals surface area contributed by atoms with E-state index in [1.54, 1.807) is 12.3 Å². The molecule has 0 aliphatic carbocycles. The molecule has 106 valence electrons. The van der Waals surface area contributed by atoms with Crippen LogP contribution in [0.4, 0.5) is 4.39 Å². The molecule has 3 N–H and O–H groups in total. The first-order valence-corrected chi connectivity index (χ1v) is 6.76. The number of rotatable bonds is 3. The molecule has 0 fully saturated rings. The molecule has 0 aliphatic rings. The molecule has 1 atom stereocenters. The van der Waals surface area contributed by atoms with E-state index < -0.39 is 0 Å². The van der Waals surface area contributed by atoms with E-state index in [9.17, 15) is 4.39 Å². The van der Waals surface area contributed by atoms with Gasteiger partial charge in [-0.15, -0.1) is 0 Å². The van der Waals surface area contributed by atoms with Crippen molar-refractivity contribution in [2.45, 2.75) is 13.0 Å². The lowest BCUT2D eigenvalue weighted by molar-refractivity contribution is 0.611. The predicted molar refractivity (Wildman–Crippen MR) is 82.0 cm³/mol. The maximum absolute atomic E-state index is 13.3. The second kappa shape index (κ2) is 5.60. The average Bonchev–Trinajstić information content (AvgIpc) is 2.50. The van der Waals surface area contributed by atoms with Crippen LogP contribution in [0.1, 0.15) is 22.7 Å². The Labute approximate surface area is 122 Å². The van der Waals surface area contributed by atoms with Crippen molar-refractivity contribution in [3.8, 4) is 0 Å². The molecular weight excluding hydrogens is 265 g/mol. The number of nitrogens with zero attached hydrogens (tertiary/aromatic N) is 1. The van der Waals surface area contributed by atoms with Crippen LogP contribution in [0.3, 0.4) is 0 Å². The number of benzene rings is 2. The minimum absolute atomic E-state index is 0.220. The first-order valence-electron chi connectivity index (χ1n) is 6.76. The molecule has 0 amide bonds. The molecule has 1 unspecified atom stereocenters. The molecule has 3 nitrogen and oxygen atoms in total. The highest BCUT2D eigenvalue weighted by Crippen LogP contribution is 2.26. The molecule has 21 heavy (non-hydrogen) atoms. The summed E-state index contributed by atoms with van der Waals surface area (Å²) in [5.74, 6) is 5.47. The summed E-state index contributed by atoms with van der Waals surface area (Å²) in [4.78, 5) is 4.45. The fourth-order valence-corrected chi connectivity index (χ4v) is 2.57. The van der Waals surface area contributed by atoms with Crippen LogP contribution in [0.25, 0.3) is 10.9 Å². The Hall–Kier alpha value is -2.30. The third-order valence-corrected chi connectivity index (χ3v) is 3.65. The second-order valence-corrected chi connectivity index (χ2v) is 5.06. The van der Waals surface area contributed by atoms with E-state index in [-0.39, 0.29) is 11.9 Å². The SMILES string of the molecule is Cc1cc(F)ccc1C(NN)c1cnc2ccccc2c1. The Morgan fingerprint density at radius 1 is 1.14 bits per heavy atom. The van der Waals surface area contributed by atoms with Gasteiger partial charge in [-0.05, 0) is 47.9 Å². The number of nitrogens with two attached hydrogens (primary N) is 1. The van der Waals surface area contributed by atoms with E-state index in [2.05, 4.69) is 16.5 Å². The van der Waals surface area contributed by atoms with Crippen LogP contribution < -0.4 is 11.3 Å². The molecule has 0 aliphatic heterocycles. The standard InChI is InChI=1S/C17H16FN3/c1-11-8-14(18)6-7-15(11)17(21-19)13-9-12-4-2-3-5-16(12)20-10-13/h2-10,17,21H,19H2,1H3. The summed E-state index contributed by atoms with van der Waals surface area (Å²) in [6, 6.07) is 14.4. The quantitative estimate of drug-likeness (QED) is 0.572. The topological polar surface area (TPSA) is 50.9 Å². The van der Waals surface area contributed by atoms with E-state index in [0.717, 1.165) is 27.6 Å². The van der Waals surface area contributed by atoms with Crippen LogP contribution in [0.15, 0.2) is 54.7 Å². The number of hydrazine groups is 1. The second-order valence-electron chi connectivity index (χ2n) is 5.06. The summed E-state index contributed by atoms with van der Waals surface area (Å²) in [5, 5.41) is 1.05. The largest absolute Gasteiger partial charge is 0.271 e. The van der Waals surface area contributed by atoms with E-state index in [1.807, 2.05) is 31.2 Å². The first-order chi connectivity index (χ1) is 10.2. The number of hydrogen-bond acceptors (Lipinski definition) is 3. The number of aromatic nitrogens is 1. The highest BCUT2D eigenvalue weighted by Gasteiger charge is 2.16. The van der Waals surface area contributed by atoms with Gasteiger partial charge >= 0.3 is 0 Å². The highest BCUT2D eigenvalue weighted by molar-refractivity contribution is 5.79. The van der Waals surface area contributed by atoms with Crippen molar-refractivity contribution in [2.75, 3.05) is 0 Å². The van der Waals surface area contributed by atoms with Crippen LogP contribution >= 0.6 is 0 Å². The van der Waals surface area contributed by atoms with Gasteiger partial charge in [0.15, 0.2) is 0 Å². The summed E-state index contributed by atoms with van der Waals surface area (Å²) in [6.45, 7) is 1.87. The molecule has 3 aromatic rings. The van der Waals surface area contributed by atoms with E-state index in [1.165, 1.54) is 12.1 Å². The molecule has 3 rings (SSSR count). The Morgan fingerprint density at radius 2 is 1.95 bits per heavy atom. The van der Waals surface area contributed by atoms with Gasteiger partial charge < -0.3 is 0 Å². The van der Waals surface area contributed by atoms with Gasteiger partial charge in [-0.1, -0.05) is 24.3 Å². The summed E-state index contributed by atoms with van der Waals surface area (Å²) in [5.41, 5.74) is 6.48. The number of pyridine rings is 1. The van der Waals surface area contributed by atoms with Gasteiger partial charge in [0.25, 0.3) is 0 Å². The van der Waals surface area contributed by atoms with Crippen LogP contribution in [0.5, 0.6) is 0 Å². The molecular formula is C17H16FN3. The van der Waals surface area contributed by atoms with Crippen molar-refractivity contribution >= 4 is 10.9 Å². The minimum atomic E-state index is -0.247. The first kappa shape index (κ1) is 13.7. The van der Waals surface area contributed by atoms with Gasteiger partial charge in [0.2, 0.25) is 0 Å². The Bertz CT molecular complexity index is 786. The number of nitrogens with one attached hydrogen (secondary N) is 1. The number of halogens is 1. The van der Waals surface area contributed by atoms with Crippen LogP contribution in [0, 0.1) is 12.7 Å². The predicted octanol–water partition coefficient (Wildman–Crippen LogP) is 3.24. The zero-order valence-electron chi connectivity index (χ0n) is 11.7. The number of hydrogen-bond donors (Lipinski definition) is 2. The average molecular weight is 281 g/mol. The monoisotopic (exact) mass is 281 g/mol. The van der Waals surface area contributed by atoms with Crippen molar-refractivity contribution in [2.24, 2.45) is 5.84 Å². The zero-order chi connectivity index (χ0) is 14.8. The lowest BCUT2D eigenvalue weighted by Crippen LogP contribution is -2.29.